The fraction of sp³-hybridized carbons (Fsp3) is 0.219. The van der Waals surface area contributed by atoms with Crippen LogP contribution in [0.1, 0.15) is 51.6 Å². The number of carbonyl (C=O) groups excluding carboxylic acids is 1. The summed E-state index contributed by atoms with van der Waals surface area (Å²) in [5.74, 6) is 0.394. The molecule has 3 heterocycles. The number of aliphatic hydroxyl groups excluding tert-OH is 1. The first kappa shape index (κ1) is 27.9. The van der Waals surface area contributed by atoms with E-state index in [0.717, 1.165) is 27.8 Å². The highest BCUT2D eigenvalue weighted by Gasteiger charge is 2.32. The molecule has 2 N–H and O–H groups in total. The van der Waals surface area contributed by atoms with E-state index < -0.39 is 6.29 Å². The average Bonchev–Trinajstić information content (AvgIpc) is 3.06. The lowest BCUT2D eigenvalue weighted by atomic mass is 10.0. The molecule has 0 saturated carbocycles. The first-order valence-electron chi connectivity index (χ1n) is 13.6. The third-order valence-corrected chi connectivity index (χ3v) is 7.95. The molecule has 1 fully saturated rings. The van der Waals surface area contributed by atoms with Crippen LogP contribution < -0.4 is 5.32 Å². The van der Waals surface area contributed by atoms with Crippen molar-refractivity contribution >= 4 is 28.7 Å². The van der Waals surface area contributed by atoms with E-state index in [1.807, 2.05) is 72.8 Å². The fourth-order valence-electron chi connectivity index (χ4n) is 4.68. The molecule has 9 nitrogen and oxygen atoms in total. The molecular weight excluding hydrogens is 550 g/mol. The monoisotopic (exact) mass is 579 g/mol. The highest BCUT2D eigenvalue weighted by atomic mass is 32.2. The molecule has 1 saturated heterocycles. The van der Waals surface area contributed by atoms with Crippen molar-refractivity contribution in [1.29, 1.82) is 0 Å². The molecule has 0 aliphatic carbocycles. The van der Waals surface area contributed by atoms with Gasteiger partial charge in [0, 0.05) is 36.7 Å². The second-order valence-corrected chi connectivity index (χ2v) is 10.8. The van der Waals surface area contributed by atoms with Gasteiger partial charge in [0.2, 0.25) is 0 Å². The van der Waals surface area contributed by atoms with E-state index >= 15 is 0 Å². The topological polar surface area (TPSA) is 119 Å². The van der Waals surface area contributed by atoms with E-state index in [1.54, 1.807) is 30.2 Å². The Hall–Kier alpha value is -4.22. The molecule has 3 aromatic carbocycles. The first-order chi connectivity index (χ1) is 20.6. The number of ether oxygens (including phenoxy) is 2. The molecule has 42 heavy (non-hydrogen) atoms. The minimum Gasteiger partial charge on any atom is -0.392 e. The Kier molecular flexibility index (Phi) is 8.76. The number of para-hydroxylation sites is 2. The van der Waals surface area contributed by atoms with Crippen molar-refractivity contribution in [3.05, 3.63) is 125 Å². The highest BCUT2D eigenvalue weighted by molar-refractivity contribution is 7.99. The third kappa shape index (κ3) is 6.80. The molecule has 2 aromatic heterocycles. The second kappa shape index (κ2) is 13.2. The Labute approximate surface area is 247 Å². The standard InChI is InChI=1S/C32H29N5O4S/c38-19-22-8-10-23(11-9-22)29-16-25(20-42-32-33-14-3-15-34-32)40-31(41-29)24-12-6-21(7-13-24)17-36-30(39)28-18-35-26-4-1-2-5-27(26)37-28/h1-15,18,25,29,31,38H,16-17,19-20H2,(H,36,39)/t25-,29+,31+/m1/s1. The Morgan fingerprint density at radius 3 is 2.33 bits per heavy atom. The molecular formula is C32H29N5O4S. The number of aromatic nitrogens is 4. The predicted octanol–water partition coefficient (Wildman–Crippen LogP) is 5.18. The summed E-state index contributed by atoms with van der Waals surface area (Å²) in [6.45, 7) is 0.340. The lowest BCUT2D eigenvalue weighted by molar-refractivity contribution is -0.245. The summed E-state index contributed by atoms with van der Waals surface area (Å²) in [5.41, 5.74) is 5.40. The van der Waals surface area contributed by atoms with Gasteiger partial charge < -0.3 is 19.9 Å². The van der Waals surface area contributed by atoms with Crippen LogP contribution in [-0.2, 0) is 22.6 Å². The Bertz CT molecular complexity index is 1640. The Morgan fingerprint density at radius 2 is 1.57 bits per heavy atom. The van der Waals surface area contributed by atoms with Crippen molar-refractivity contribution in [1.82, 2.24) is 25.3 Å². The van der Waals surface area contributed by atoms with E-state index in [2.05, 4.69) is 25.3 Å². The number of hydrogen-bond donors (Lipinski definition) is 2. The summed E-state index contributed by atoms with van der Waals surface area (Å²) >= 11 is 1.55. The number of fused-ring (bicyclic) bond motifs is 1. The Balaban J connectivity index is 1.12. The van der Waals surface area contributed by atoms with E-state index in [0.29, 0.717) is 29.4 Å². The van der Waals surface area contributed by atoms with Gasteiger partial charge in [-0.25, -0.2) is 15.0 Å². The van der Waals surface area contributed by atoms with Crippen molar-refractivity contribution in [2.75, 3.05) is 5.75 Å². The van der Waals surface area contributed by atoms with Crippen LogP contribution in [0.2, 0.25) is 0 Å². The van der Waals surface area contributed by atoms with Crippen LogP contribution in [0.15, 0.2) is 103 Å². The predicted molar refractivity (Wildman–Crippen MR) is 158 cm³/mol. The summed E-state index contributed by atoms with van der Waals surface area (Å²) in [5, 5.41) is 13.1. The number of nitrogens with one attached hydrogen (secondary N) is 1. The number of rotatable bonds is 9. The van der Waals surface area contributed by atoms with Crippen LogP contribution in [-0.4, -0.2) is 42.8 Å². The summed E-state index contributed by atoms with van der Waals surface area (Å²) in [7, 11) is 0. The molecule has 1 aliphatic heterocycles. The summed E-state index contributed by atoms with van der Waals surface area (Å²) < 4.78 is 12.8. The maximum absolute atomic E-state index is 12.7. The van der Waals surface area contributed by atoms with Gasteiger partial charge in [0.05, 0.1) is 36.0 Å². The molecule has 212 valence electrons. The van der Waals surface area contributed by atoms with Crippen LogP contribution in [0.3, 0.4) is 0 Å². The van der Waals surface area contributed by atoms with Crippen LogP contribution in [0.5, 0.6) is 0 Å². The van der Waals surface area contributed by atoms with Gasteiger partial charge in [-0.2, -0.15) is 0 Å². The van der Waals surface area contributed by atoms with Gasteiger partial charge in [-0.3, -0.25) is 9.78 Å². The lowest BCUT2D eigenvalue weighted by Gasteiger charge is -2.36. The van der Waals surface area contributed by atoms with E-state index in [-0.39, 0.29) is 30.4 Å². The zero-order chi connectivity index (χ0) is 28.7. The molecule has 0 bridgehead atoms. The minimum absolute atomic E-state index is 0.00363. The van der Waals surface area contributed by atoms with Gasteiger partial charge in [-0.1, -0.05) is 72.4 Å². The van der Waals surface area contributed by atoms with E-state index in [9.17, 15) is 9.90 Å². The molecule has 0 radical (unpaired) electrons. The number of hydrogen-bond acceptors (Lipinski definition) is 9. The second-order valence-electron chi connectivity index (χ2n) is 9.86. The molecule has 5 aromatic rings. The van der Waals surface area contributed by atoms with Crippen LogP contribution in [0.25, 0.3) is 11.0 Å². The molecule has 1 aliphatic rings. The highest BCUT2D eigenvalue weighted by Crippen LogP contribution is 2.39. The van der Waals surface area contributed by atoms with Gasteiger partial charge in [0.15, 0.2) is 11.4 Å². The van der Waals surface area contributed by atoms with Crippen LogP contribution in [0.4, 0.5) is 0 Å². The smallest absolute Gasteiger partial charge is 0.271 e. The SMILES string of the molecule is O=C(NCc1ccc([C@H]2O[C@@H](CSc3ncccn3)C[C@@H](c3ccc(CO)cc3)O2)cc1)c1cnc2ccccc2n1. The number of benzene rings is 3. The van der Waals surface area contributed by atoms with E-state index in [1.165, 1.54) is 6.20 Å². The van der Waals surface area contributed by atoms with Crippen LogP contribution >= 0.6 is 11.8 Å². The van der Waals surface area contributed by atoms with Gasteiger partial charge in [-0.05, 0) is 34.9 Å². The molecule has 10 heteroatoms. The number of carbonyl (C=O) groups is 1. The van der Waals surface area contributed by atoms with Gasteiger partial charge in [0.1, 0.15) is 5.69 Å². The lowest BCUT2D eigenvalue weighted by Crippen LogP contribution is -2.31. The molecule has 0 unspecified atom stereocenters. The summed E-state index contributed by atoms with van der Waals surface area (Å²) in [4.78, 5) is 30.1. The molecule has 3 atom stereocenters. The van der Waals surface area contributed by atoms with Crippen molar-refractivity contribution in [3.8, 4) is 0 Å². The maximum atomic E-state index is 12.7. The number of nitrogens with zero attached hydrogens (tertiary/aromatic N) is 4. The molecule has 0 spiro atoms. The third-order valence-electron chi connectivity index (χ3n) is 6.94. The number of amides is 1. The van der Waals surface area contributed by atoms with E-state index in [4.69, 9.17) is 9.47 Å². The minimum atomic E-state index is -0.569. The first-order valence-corrected chi connectivity index (χ1v) is 14.6. The van der Waals surface area contributed by atoms with Crippen molar-refractivity contribution < 1.29 is 19.4 Å². The van der Waals surface area contributed by atoms with Crippen molar-refractivity contribution in [2.45, 2.75) is 43.2 Å². The fourth-order valence-corrected chi connectivity index (χ4v) is 5.50. The quantitative estimate of drug-likeness (QED) is 0.180. The Morgan fingerprint density at radius 1 is 0.857 bits per heavy atom. The largest absolute Gasteiger partial charge is 0.392 e. The normalized spacial score (nSPS) is 18.5. The zero-order valence-electron chi connectivity index (χ0n) is 22.7. The van der Waals surface area contributed by atoms with Gasteiger partial charge in [-0.15, -0.1) is 0 Å². The zero-order valence-corrected chi connectivity index (χ0v) is 23.5. The summed E-state index contributed by atoms with van der Waals surface area (Å²) in [6, 6.07) is 24.9. The molecule has 1 amide bonds. The molecule has 6 rings (SSSR count). The van der Waals surface area contributed by atoms with Gasteiger partial charge in [0.25, 0.3) is 5.91 Å². The van der Waals surface area contributed by atoms with Gasteiger partial charge >= 0.3 is 0 Å². The van der Waals surface area contributed by atoms with Crippen molar-refractivity contribution in [3.63, 3.8) is 0 Å². The average molecular weight is 580 g/mol. The number of aliphatic hydroxyl groups is 1. The summed E-state index contributed by atoms with van der Waals surface area (Å²) in [6.07, 6.45) is 4.78. The maximum Gasteiger partial charge on any atom is 0.271 e. The van der Waals surface area contributed by atoms with Crippen LogP contribution in [0, 0.1) is 0 Å². The number of thioether (sulfide) groups is 1. The van der Waals surface area contributed by atoms with Crippen molar-refractivity contribution in [2.24, 2.45) is 0 Å².